The van der Waals surface area contributed by atoms with Gasteiger partial charge in [0.1, 0.15) is 6.04 Å². The number of alkyl halides is 3. The molecule has 26 heavy (non-hydrogen) atoms. The first kappa shape index (κ1) is 19.4. The fourth-order valence-corrected chi connectivity index (χ4v) is 2.86. The van der Waals surface area contributed by atoms with Crippen LogP contribution in [-0.4, -0.2) is 25.7 Å². The lowest BCUT2D eigenvalue weighted by Gasteiger charge is -2.16. The molecule has 2 aromatic rings. The molecule has 6 nitrogen and oxygen atoms in total. The summed E-state index contributed by atoms with van der Waals surface area (Å²) in [5.74, 6) is -1.63. The Labute approximate surface area is 146 Å². The summed E-state index contributed by atoms with van der Waals surface area (Å²) in [6.07, 6.45) is 0. The number of amides is 2. The van der Waals surface area contributed by atoms with Crippen molar-refractivity contribution in [2.75, 3.05) is 0 Å². The molecular weight excluding hydrogens is 373 g/mol. The van der Waals surface area contributed by atoms with Gasteiger partial charge in [-0.25, -0.2) is 8.42 Å². The van der Waals surface area contributed by atoms with Gasteiger partial charge in [0.15, 0.2) is 0 Å². The summed E-state index contributed by atoms with van der Waals surface area (Å²) >= 11 is 0. The standard InChI is InChI=1S/C16H13F3N2O4S/c17-16(18,19)26(24,25)12-8-6-11(7-9-12)15(23)21-13(14(20)22)10-4-2-1-3-5-10/h1-9,13H,(H2,20,22)(H,21,23). The van der Waals surface area contributed by atoms with Crippen molar-refractivity contribution >= 4 is 21.7 Å². The molecule has 2 amide bonds. The minimum Gasteiger partial charge on any atom is -0.368 e. The number of rotatable bonds is 5. The number of hydrogen-bond acceptors (Lipinski definition) is 4. The van der Waals surface area contributed by atoms with E-state index in [0.29, 0.717) is 17.7 Å². The highest BCUT2D eigenvalue weighted by molar-refractivity contribution is 7.92. The van der Waals surface area contributed by atoms with Crippen molar-refractivity contribution in [2.45, 2.75) is 16.4 Å². The zero-order valence-corrected chi connectivity index (χ0v) is 13.8. The molecule has 2 aromatic carbocycles. The van der Waals surface area contributed by atoms with E-state index < -0.39 is 38.1 Å². The maximum Gasteiger partial charge on any atom is 0.501 e. The summed E-state index contributed by atoms with van der Waals surface area (Å²) in [5, 5.41) is 2.35. The Bertz CT molecular complexity index is 911. The number of nitrogens with one attached hydrogen (secondary N) is 1. The Morgan fingerprint density at radius 1 is 0.962 bits per heavy atom. The summed E-state index contributed by atoms with van der Waals surface area (Å²) in [6, 6.07) is 10.1. The van der Waals surface area contributed by atoms with Crippen molar-refractivity contribution in [1.82, 2.24) is 5.32 Å². The van der Waals surface area contributed by atoms with E-state index in [4.69, 9.17) is 5.73 Å². The molecule has 1 unspecified atom stereocenters. The predicted octanol–water partition coefficient (Wildman–Crippen LogP) is 1.94. The molecular formula is C16H13F3N2O4S. The van der Waals surface area contributed by atoms with Crippen LogP contribution in [0.3, 0.4) is 0 Å². The van der Waals surface area contributed by atoms with Gasteiger partial charge in [0.25, 0.3) is 15.7 Å². The molecule has 0 fully saturated rings. The van der Waals surface area contributed by atoms with Crippen LogP contribution in [0.1, 0.15) is 22.0 Å². The number of nitrogens with two attached hydrogens (primary N) is 1. The van der Waals surface area contributed by atoms with E-state index >= 15 is 0 Å². The van der Waals surface area contributed by atoms with Crippen LogP contribution < -0.4 is 11.1 Å². The van der Waals surface area contributed by atoms with Crippen molar-refractivity contribution in [2.24, 2.45) is 5.73 Å². The quantitative estimate of drug-likeness (QED) is 0.819. The van der Waals surface area contributed by atoms with Gasteiger partial charge >= 0.3 is 5.51 Å². The van der Waals surface area contributed by atoms with Crippen LogP contribution in [0.5, 0.6) is 0 Å². The third kappa shape index (κ3) is 4.02. The zero-order chi connectivity index (χ0) is 19.5. The number of carbonyl (C=O) groups excluding carboxylic acids is 2. The number of hydrogen-bond donors (Lipinski definition) is 2. The topological polar surface area (TPSA) is 106 Å². The second kappa shape index (κ2) is 7.16. The number of primary amides is 1. The second-order valence-electron chi connectivity index (χ2n) is 5.19. The first-order valence-corrected chi connectivity index (χ1v) is 8.59. The van der Waals surface area contributed by atoms with Crippen LogP contribution in [0.25, 0.3) is 0 Å². The van der Waals surface area contributed by atoms with Gasteiger partial charge in [-0.15, -0.1) is 0 Å². The minimum atomic E-state index is -5.50. The van der Waals surface area contributed by atoms with Crippen LogP contribution >= 0.6 is 0 Å². The van der Waals surface area contributed by atoms with Crippen LogP contribution in [0.2, 0.25) is 0 Å². The van der Waals surface area contributed by atoms with Crippen molar-refractivity contribution < 1.29 is 31.2 Å². The lowest BCUT2D eigenvalue weighted by Crippen LogP contribution is -2.37. The third-order valence-corrected chi connectivity index (χ3v) is 4.93. The molecule has 0 aliphatic heterocycles. The molecule has 0 heterocycles. The first-order valence-electron chi connectivity index (χ1n) is 7.10. The Hall–Kier alpha value is -2.88. The monoisotopic (exact) mass is 386 g/mol. The van der Waals surface area contributed by atoms with Crippen molar-refractivity contribution in [1.29, 1.82) is 0 Å². The highest BCUT2D eigenvalue weighted by atomic mass is 32.2. The second-order valence-corrected chi connectivity index (χ2v) is 7.13. The Morgan fingerprint density at radius 3 is 1.96 bits per heavy atom. The van der Waals surface area contributed by atoms with Gasteiger partial charge in [0, 0.05) is 5.56 Å². The maximum atomic E-state index is 12.5. The van der Waals surface area contributed by atoms with E-state index in [1.165, 1.54) is 0 Å². The fraction of sp³-hybridized carbons (Fsp3) is 0.125. The molecule has 0 saturated carbocycles. The molecule has 0 aliphatic carbocycles. The van der Waals surface area contributed by atoms with Gasteiger partial charge in [-0.05, 0) is 29.8 Å². The minimum absolute atomic E-state index is 0.131. The predicted molar refractivity (Wildman–Crippen MR) is 85.5 cm³/mol. The molecule has 2 rings (SSSR count). The van der Waals surface area contributed by atoms with Crippen LogP contribution in [-0.2, 0) is 14.6 Å². The largest absolute Gasteiger partial charge is 0.501 e. The van der Waals surface area contributed by atoms with Crippen LogP contribution in [0, 0.1) is 0 Å². The zero-order valence-electron chi connectivity index (χ0n) is 13.0. The summed E-state index contributed by atoms with van der Waals surface area (Å²) < 4.78 is 60.1. The van der Waals surface area contributed by atoms with E-state index in [2.05, 4.69) is 5.32 Å². The average molecular weight is 386 g/mol. The summed E-state index contributed by atoms with van der Waals surface area (Å²) in [5.41, 5.74) is 0.113. The number of benzene rings is 2. The normalized spacial score (nSPS) is 13.0. The highest BCUT2D eigenvalue weighted by Gasteiger charge is 2.46. The maximum absolute atomic E-state index is 12.5. The first-order chi connectivity index (χ1) is 12.0. The lowest BCUT2D eigenvalue weighted by molar-refractivity contribution is -0.120. The molecule has 0 bridgehead atoms. The van der Waals surface area contributed by atoms with Crippen molar-refractivity contribution in [3.8, 4) is 0 Å². The van der Waals surface area contributed by atoms with E-state index in [9.17, 15) is 31.2 Å². The van der Waals surface area contributed by atoms with Gasteiger partial charge in [-0.1, -0.05) is 30.3 Å². The highest BCUT2D eigenvalue weighted by Crippen LogP contribution is 2.30. The molecule has 0 radical (unpaired) electrons. The van der Waals surface area contributed by atoms with E-state index in [1.807, 2.05) is 0 Å². The molecule has 3 N–H and O–H groups in total. The van der Waals surface area contributed by atoms with E-state index in [1.54, 1.807) is 30.3 Å². The molecule has 0 spiro atoms. The number of halogens is 3. The van der Waals surface area contributed by atoms with Gasteiger partial charge in [0.2, 0.25) is 5.91 Å². The van der Waals surface area contributed by atoms with Gasteiger partial charge in [0.05, 0.1) is 4.90 Å². The SMILES string of the molecule is NC(=O)C(NC(=O)c1ccc(S(=O)(=O)C(F)(F)F)cc1)c1ccccc1. The molecule has 10 heteroatoms. The number of sulfone groups is 1. The average Bonchev–Trinajstić information content (AvgIpc) is 2.59. The van der Waals surface area contributed by atoms with Crippen LogP contribution in [0.4, 0.5) is 13.2 Å². The molecule has 0 aromatic heterocycles. The summed E-state index contributed by atoms with van der Waals surface area (Å²) in [7, 11) is -5.50. The van der Waals surface area contributed by atoms with E-state index in [-0.39, 0.29) is 5.56 Å². The number of carbonyl (C=O) groups is 2. The summed E-state index contributed by atoms with van der Waals surface area (Å²) in [6.45, 7) is 0. The summed E-state index contributed by atoms with van der Waals surface area (Å²) in [4.78, 5) is 22.8. The molecule has 0 aliphatic rings. The molecule has 1 atom stereocenters. The smallest absolute Gasteiger partial charge is 0.368 e. The van der Waals surface area contributed by atoms with Gasteiger partial charge < -0.3 is 11.1 Å². The van der Waals surface area contributed by atoms with E-state index in [0.717, 1.165) is 12.1 Å². The van der Waals surface area contributed by atoms with Gasteiger partial charge in [-0.3, -0.25) is 9.59 Å². The fourth-order valence-electron chi connectivity index (χ4n) is 2.10. The Balaban J connectivity index is 2.24. The Kier molecular flexibility index (Phi) is 5.36. The van der Waals surface area contributed by atoms with Crippen LogP contribution in [0.15, 0.2) is 59.5 Å². The van der Waals surface area contributed by atoms with Crippen molar-refractivity contribution in [3.63, 3.8) is 0 Å². The third-order valence-electron chi connectivity index (χ3n) is 3.42. The van der Waals surface area contributed by atoms with Gasteiger partial charge in [-0.2, -0.15) is 13.2 Å². The molecule has 0 saturated heterocycles. The Morgan fingerprint density at radius 2 is 1.50 bits per heavy atom. The lowest BCUT2D eigenvalue weighted by atomic mass is 10.1. The van der Waals surface area contributed by atoms with Crippen molar-refractivity contribution in [3.05, 3.63) is 65.7 Å². The molecule has 138 valence electrons.